The first-order valence-corrected chi connectivity index (χ1v) is 10.5. The van der Waals surface area contributed by atoms with Gasteiger partial charge in [-0.25, -0.2) is 13.2 Å². The van der Waals surface area contributed by atoms with Crippen molar-refractivity contribution in [2.75, 3.05) is 24.6 Å². The van der Waals surface area contributed by atoms with Crippen molar-refractivity contribution in [2.45, 2.75) is 25.7 Å². The van der Waals surface area contributed by atoms with Crippen molar-refractivity contribution in [1.82, 2.24) is 4.90 Å². The first kappa shape index (κ1) is 17.9. The molecule has 0 aliphatic carbocycles. The molecule has 0 radical (unpaired) electrons. The van der Waals surface area contributed by atoms with Crippen LogP contribution in [0.4, 0.5) is 0 Å². The van der Waals surface area contributed by atoms with E-state index in [2.05, 4.69) is 0 Å². The largest absolute Gasteiger partial charge is 0.478 e. The van der Waals surface area contributed by atoms with E-state index in [1.807, 2.05) is 17.0 Å². The average Bonchev–Trinajstić information content (AvgIpc) is 3.03. The Kier molecular flexibility index (Phi) is 5.13. The number of carboxylic acid groups (broad SMARTS) is 1. The zero-order valence-electron chi connectivity index (χ0n) is 14.1. The summed E-state index contributed by atoms with van der Waals surface area (Å²) >= 11 is 0. The molecule has 0 spiro atoms. The molecular formula is C18H23NO5S. The number of carbonyl (C=O) groups excluding carboxylic acids is 1. The molecule has 2 saturated heterocycles. The molecule has 1 aromatic carbocycles. The Balaban J connectivity index is 1.53. The molecule has 2 aliphatic heterocycles. The van der Waals surface area contributed by atoms with Crippen LogP contribution in [0.5, 0.6) is 0 Å². The highest BCUT2D eigenvalue weighted by Gasteiger charge is 2.34. The molecule has 0 saturated carbocycles. The van der Waals surface area contributed by atoms with Crippen molar-refractivity contribution in [3.8, 4) is 0 Å². The Hall–Kier alpha value is -1.89. The van der Waals surface area contributed by atoms with E-state index in [9.17, 15) is 18.0 Å². The van der Waals surface area contributed by atoms with Crippen molar-refractivity contribution in [2.24, 2.45) is 11.8 Å². The number of aromatic carboxylic acids is 1. The van der Waals surface area contributed by atoms with Gasteiger partial charge >= 0.3 is 5.97 Å². The van der Waals surface area contributed by atoms with Gasteiger partial charge in [0.25, 0.3) is 0 Å². The Morgan fingerprint density at radius 1 is 1.08 bits per heavy atom. The van der Waals surface area contributed by atoms with Gasteiger partial charge in [0.15, 0.2) is 0 Å². The Morgan fingerprint density at radius 2 is 1.72 bits per heavy atom. The van der Waals surface area contributed by atoms with Crippen LogP contribution in [0.3, 0.4) is 0 Å². The number of likely N-dealkylation sites (tertiary alicyclic amines) is 1. The predicted octanol–water partition coefficient (Wildman–Crippen LogP) is 1.60. The minimum Gasteiger partial charge on any atom is -0.478 e. The Bertz CT molecular complexity index is 742. The highest BCUT2D eigenvalue weighted by Crippen LogP contribution is 2.26. The fourth-order valence-electron chi connectivity index (χ4n) is 3.71. The predicted molar refractivity (Wildman–Crippen MR) is 93.2 cm³/mol. The maximum absolute atomic E-state index is 12.6. The number of hydrogen-bond acceptors (Lipinski definition) is 4. The molecule has 1 amide bonds. The van der Waals surface area contributed by atoms with Crippen LogP contribution < -0.4 is 0 Å². The summed E-state index contributed by atoms with van der Waals surface area (Å²) in [6.45, 7) is 1.42. The number of nitrogens with zero attached hydrogens (tertiary/aromatic N) is 1. The van der Waals surface area contributed by atoms with Gasteiger partial charge in [0.1, 0.15) is 9.84 Å². The zero-order chi connectivity index (χ0) is 18.0. The highest BCUT2D eigenvalue weighted by molar-refractivity contribution is 7.91. The van der Waals surface area contributed by atoms with Gasteiger partial charge in [0.05, 0.1) is 17.1 Å². The van der Waals surface area contributed by atoms with Crippen LogP contribution in [0, 0.1) is 11.8 Å². The molecule has 1 aromatic rings. The van der Waals surface area contributed by atoms with Gasteiger partial charge in [-0.2, -0.15) is 0 Å². The standard InChI is InChI=1S/C18H23NO5S/c20-17(15-6-9-25(23,24)10-7-15)19-8-5-14(12-19)11-13-1-3-16(4-2-13)18(21)22/h1-4,14-15H,5-12H2,(H,21,22)/t14-/m0/s1. The topological polar surface area (TPSA) is 91.8 Å². The summed E-state index contributed by atoms with van der Waals surface area (Å²) in [5.41, 5.74) is 1.35. The lowest BCUT2D eigenvalue weighted by molar-refractivity contribution is -0.134. The second-order valence-electron chi connectivity index (χ2n) is 7.07. The third kappa shape index (κ3) is 4.39. The van der Waals surface area contributed by atoms with Crippen LogP contribution in [0.2, 0.25) is 0 Å². The van der Waals surface area contributed by atoms with E-state index in [1.54, 1.807) is 12.1 Å². The maximum Gasteiger partial charge on any atom is 0.335 e. The van der Waals surface area contributed by atoms with Gasteiger partial charge in [0.2, 0.25) is 5.91 Å². The molecule has 3 rings (SSSR count). The first-order chi connectivity index (χ1) is 11.8. The highest BCUT2D eigenvalue weighted by atomic mass is 32.2. The quantitative estimate of drug-likeness (QED) is 0.875. The number of rotatable bonds is 4. The second-order valence-corrected chi connectivity index (χ2v) is 9.37. The van der Waals surface area contributed by atoms with Crippen molar-refractivity contribution >= 4 is 21.7 Å². The molecule has 0 unspecified atom stereocenters. The number of benzene rings is 1. The van der Waals surface area contributed by atoms with E-state index in [4.69, 9.17) is 5.11 Å². The van der Waals surface area contributed by atoms with Crippen LogP contribution in [0.1, 0.15) is 35.2 Å². The van der Waals surface area contributed by atoms with Crippen molar-refractivity contribution in [1.29, 1.82) is 0 Å². The van der Waals surface area contributed by atoms with Crippen LogP contribution in [0.15, 0.2) is 24.3 Å². The van der Waals surface area contributed by atoms with Crippen LogP contribution >= 0.6 is 0 Å². The third-order valence-electron chi connectivity index (χ3n) is 5.23. The summed E-state index contributed by atoms with van der Waals surface area (Å²) in [5.74, 6) is -0.380. The molecule has 1 atom stereocenters. The molecule has 136 valence electrons. The number of carboxylic acids is 1. The first-order valence-electron chi connectivity index (χ1n) is 8.65. The van der Waals surface area contributed by atoms with Crippen LogP contribution in [-0.2, 0) is 21.1 Å². The molecule has 2 aliphatic rings. The third-order valence-corrected chi connectivity index (χ3v) is 6.94. The fraction of sp³-hybridized carbons (Fsp3) is 0.556. The molecule has 25 heavy (non-hydrogen) atoms. The summed E-state index contributed by atoms with van der Waals surface area (Å²) in [5, 5.41) is 8.93. The summed E-state index contributed by atoms with van der Waals surface area (Å²) in [4.78, 5) is 25.4. The minimum absolute atomic E-state index is 0.0959. The van der Waals surface area contributed by atoms with Crippen molar-refractivity contribution in [3.05, 3.63) is 35.4 Å². The van der Waals surface area contributed by atoms with Gasteiger partial charge in [-0.15, -0.1) is 0 Å². The van der Waals surface area contributed by atoms with Crippen LogP contribution in [0.25, 0.3) is 0 Å². The molecule has 2 fully saturated rings. The number of carbonyl (C=O) groups is 2. The summed E-state index contributed by atoms with van der Waals surface area (Å²) in [6.07, 6.45) is 2.64. The lowest BCUT2D eigenvalue weighted by atomic mass is 9.97. The molecular weight excluding hydrogens is 342 g/mol. The van der Waals surface area contributed by atoms with E-state index in [0.29, 0.717) is 25.3 Å². The number of sulfone groups is 1. The van der Waals surface area contributed by atoms with Gasteiger partial charge < -0.3 is 10.0 Å². The summed E-state index contributed by atoms with van der Waals surface area (Å²) in [6, 6.07) is 6.88. The van der Waals surface area contributed by atoms with E-state index in [0.717, 1.165) is 24.9 Å². The van der Waals surface area contributed by atoms with Gasteiger partial charge in [-0.05, 0) is 49.3 Å². The van der Waals surface area contributed by atoms with Crippen LogP contribution in [-0.4, -0.2) is 54.9 Å². The minimum atomic E-state index is -2.95. The monoisotopic (exact) mass is 365 g/mol. The molecule has 0 aromatic heterocycles. The van der Waals surface area contributed by atoms with Crippen molar-refractivity contribution in [3.63, 3.8) is 0 Å². The maximum atomic E-state index is 12.6. The number of amides is 1. The molecule has 2 heterocycles. The fourth-order valence-corrected chi connectivity index (χ4v) is 5.20. The molecule has 6 nitrogen and oxygen atoms in total. The van der Waals surface area contributed by atoms with Crippen molar-refractivity contribution < 1.29 is 23.1 Å². The lowest BCUT2D eigenvalue weighted by Gasteiger charge is -2.26. The summed E-state index contributed by atoms with van der Waals surface area (Å²) in [7, 11) is -2.95. The lowest BCUT2D eigenvalue weighted by Crippen LogP contribution is -2.38. The Labute approximate surface area is 147 Å². The molecule has 0 bridgehead atoms. The average molecular weight is 365 g/mol. The van der Waals surface area contributed by atoms with Gasteiger partial charge in [-0.3, -0.25) is 4.79 Å². The Morgan fingerprint density at radius 3 is 2.32 bits per heavy atom. The molecule has 7 heteroatoms. The second kappa shape index (κ2) is 7.15. The molecule has 1 N–H and O–H groups in total. The van der Waals surface area contributed by atoms with E-state index >= 15 is 0 Å². The van der Waals surface area contributed by atoms with E-state index < -0.39 is 15.8 Å². The normalized spacial score (nSPS) is 23.5. The van der Waals surface area contributed by atoms with Gasteiger partial charge in [0, 0.05) is 19.0 Å². The zero-order valence-corrected chi connectivity index (χ0v) is 14.9. The van der Waals surface area contributed by atoms with Gasteiger partial charge in [-0.1, -0.05) is 12.1 Å². The van der Waals surface area contributed by atoms with E-state index in [1.165, 1.54) is 0 Å². The number of hydrogen-bond donors (Lipinski definition) is 1. The SMILES string of the molecule is O=C(O)c1ccc(C[C@@H]2CCN(C(=O)C3CCS(=O)(=O)CC3)C2)cc1. The van der Waals surface area contributed by atoms with E-state index in [-0.39, 0.29) is 28.9 Å². The smallest absolute Gasteiger partial charge is 0.335 e. The summed E-state index contributed by atoms with van der Waals surface area (Å²) < 4.78 is 23.0.